The molecule has 195 valence electrons. The fourth-order valence-corrected chi connectivity index (χ4v) is 4.84. The molecular formula is C26H27N2O9. The molecule has 0 bridgehead atoms. The lowest BCUT2D eigenvalue weighted by Crippen LogP contribution is -2.52. The summed E-state index contributed by atoms with van der Waals surface area (Å²) in [6.45, 7) is 2.62. The molecule has 5 atom stereocenters. The summed E-state index contributed by atoms with van der Waals surface area (Å²) in [4.78, 5) is 29.9. The van der Waals surface area contributed by atoms with Crippen LogP contribution in [0.3, 0.4) is 0 Å². The molecule has 3 aromatic rings. The van der Waals surface area contributed by atoms with E-state index in [9.17, 15) is 14.7 Å². The molecule has 1 saturated heterocycles. The van der Waals surface area contributed by atoms with Crippen molar-refractivity contribution in [2.75, 3.05) is 6.61 Å². The smallest absolute Gasteiger partial charge is 0.343 e. The molecule has 2 aromatic heterocycles. The fourth-order valence-electron chi connectivity index (χ4n) is 4.84. The molecule has 1 radical (unpaired) electrons. The Kier molecular flexibility index (Phi) is 6.61. The number of esters is 1. The molecule has 3 aliphatic heterocycles. The number of fused-ring (bicyclic) bond motifs is 5. The summed E-state index contributed by atoms with van der Waals surface area (Å²) in [5, 5.41) is 47.4. The average Bonchev–Trinajstić information content (AvgIpc) is 3.26. The molecule has 5 heterocycles. The van der Waals surface area contributed by atoms with Crippen molar-refractivity contribution in [3.05, 3.63) is 70.0 Å². The third-order valence-corrected chi connectivity index (χ3v) is 7.07. The Bertz CT molecular complexity index is 1420. The van der Waals surface area contributed by atoms with Gasteiger partial charge in [-0.2, -0.15) is 0 Å². The second kappa shape index (κ2) is 9.60. The summed E-state index contributed by atoms with van der Waals surface area (Å²) in [5.41, 5.74) is 1.81. The third kappa shape index (κ3) is 4.13. The van der Waals surface area contributed by atoms with Gasteiger partial charge in [0.25, 0.3) is 5.56 Å². The van der Waals surface area contributed by atoms with E-state index < -0.39 is 36.0 Å². The predicted molar refractivity (Wildman–Crippen MR) is 129 cm³/mol. The first-order chi connectivity index (χ1) is 17.7. The second-order valence-corrected chi connectivity index (χ2v) is 9.26. The molecule has 1 aromatic carbocycles. The Hall–Kier alpha value is -3.19. The van der Waals surface area contributed by atoms with Crippen LogP contribution in [-0.2, 0) is 33.0 Å². The van der Waals surface area contributed by atoms with Crippen molar-refractivity contribution in [1.29, 1.82) is 0 Å². The van der Waals surface area contributed by atoms with E-state index in [1.54, 1.807) is 17.6 Å². The van der Waals surface area contributed by atoms with E-state index >= 15 is 0 Å². The molecular weight excluding hydrogens is 484 g/mol. The van der Waals surface area contributed by atoms with Gasteiger partial charge in [-0.1, -0.05) is 25.1 Å². The number of hydrogen-bond donors (Lipinski definition) is 5. The van der Waals surface area contributed by atoms with Gasteiger partial charge in [-0.05, 0) is 24.6 Å². The van der Waals surface area contributed by atoms with Gasteiger partial charge in [0.05, 0.1) is 35.6 Å². The minimum Gasteiger partial charge on any atom is -0.458 e. The van der Waals surface area contributed by atoms with Crippen LogP contribution in [0.15, 0.2) is 41.2 Å². The Labute approximate surface area is 211 Å². The van der Waals surface area contributed by atoms with E-state index in [0.717, 1.165) is 28.8 Å². The SMILES string of the molecule is CC[C@@]1(O)C(=O)OCc2c1cc1n(c2=O)Cc2cc3ccccc3nc2-1.OC[C@H]1O[CH][C@H](O)[C@@H](O)[C@@H]1O. The minimum absolute atomic E-state index is 0.110. The molecule has 1 fully saturated rings. The molecule has 11 nitrogen and oxygen atoms in total. The molecule has 11 heteroatoms. The first kappa shape index (κ1) is 25.5. The van der Waals surface area contributed by atoms with E-state index in [2.05, 4.69) is 4.74 Å². The summed E-state index contributed by atoms with van der Waals surface area (Å²) >= 11 is 0. The normalized spacial score (nSPS) is 28.0. The summed E-state index contributed by atoms with van der Waals surface area (Å²) in [7, 11) is 0. The first-order valence-corrected chi connectivity index (χ1v) is 11.9. The number of hydrogen-bond acceptors (Lipinski definition) is 10. The average molecular weight is 512 g/mol. The molecule has 5 N–H and O–H groups in total. The quantitative estimate of drug-likeness (QED) is 0.225. The molecule has 0 spiro atoms. The Balaban J connectivity index is 0.000000215. The predicted octanol–water partition coefficient (Wildman–Crippen LogP) is -0.298. The van der Waals surface area contributed by atoms with Gasteiger partial charge < -0.3 is 39.6 Å². The Morgan fingerprint density at radius 1 is 1.14 bits per heavy atom. The summed E-state index contributed by atoms with van der Waals surface area (Å²) in [6, 6.07) is 11.6. The van der Waals surface area contributed by atoms with Crippen LogP contribution in [0.5, 0.6) is 0 Å². The number of pyridine rings is 2. The van der Waals surface area contributed by atoms with Crippen molar-refractivity contribution in [3.8, 4) is 11.4 Å². The van der Waals surface area contributed by atoms with Crippen LogP contribution in [0, 0.1) is 6.61 Å². The summed E-state index contributed by atoms with van der Waals surface area (Å²) in [6.07, 6.45) is -4.40. The van der Waals surface area contributed by atoms with E-state index in [4.69, 9.17) is 30.1 Å². The van der Waals surface area contributed by atoms with Gasteiger partial charge in [-0.15, -0.1) is 0 Å². The lowest BCUT2D eigenvalue weighted by Gasteiger charge is -2.33. The van der Waals surface area contributed by atoms with E-state index in [0.29, 0.717) is 23.4 Å². The van der Waals surface area contributed by atoms with E-state index in [1.807, 2.05) is 30.3 Å². The van der Waals surface area contributed by atoms with Gasteiger partial charge in [-0.25, -0.2) is 9.78 Å². The third-order valence-electron chi connectivity index (χ3n) is 7.07. The maximum atomic E-state index is 13.0. The standard InChI is InChI=1S/C20H16N2O4.C6H11O5/c1-2-20(25)14-8-16-17-12(7-11-5-3-4-6-15(11)21-17)9-22(16)18(23)13(14)10-26-19(20)24;7-1-4-6(10)5(9)3(8)2-11-4/h3-8,25H,2,9-10H2,1H3;2-10H,1H2/t20-;3-,4+,5+,6+/m00/s1. The van der Waals surface area contributed by atoms with Crippen molar-refractivity contribution < 1.29 is 39.8 Å². The highest BCUT2D eigenvalue weighted by Gasteiger charge is 2.45. The molecule has 37 heavy (non-hydrogen) atoms. The largest absolute Gasteiger partial charge is 0.458 e. The van der Waals surface area contributed by atoms with Gasteiger partial charge in [0.1, 0.15) is 37.6 Å². The van der Waals surface area contributed by atoms with Crippen LogP contribution in [0.4, 0.5) is 0 Å². The highest BCUT2D eigenvalue weighted by molar-refractivity contribution is 5.86. The van der Waals surface area contributed by atoms with Crippen LogP contribution < -0.4 is 5.56 Å². The van der Waals surface area contributed by atoms with Crippen LogP contribution in [0.25, 0.3) is 22.3 Å². The van der Waals surface area contributed by atoms with Crippen molar-refractivity contribution in [3.63, 3.8) is 0 Å². The zero-order valence-electron chi connectivity index (χ0n) is 19.9. The molecule has 0 aliphatic carbocycles. The van der Waals surface area contributed by atoms with Crippen LogP contribution in [0.2, 0.25) is 0 Å². The number of carbonyl (C=O) groups excluding carboxylic acids is 1. The monoisotopic (exact) mass is 511 g/mol. The summed E-state index contributed by atoms with van der Waals surface area (Å²) < 4.78 is 11.4. The summed E-state index contributed by atoms with van der Waals surface area (Å²) in [5.74, 6) is -0.707. The second-order valence-electron chi connectivity index (χ2n) is 9.26. The van der Waals surface area contributed by atoms with Gasteiger partial charge in [0.15, 0.2) is 5.60 Å². The lowest BCUT2D eigenvalue weighted by molar-refractivity contribution is -0.172. The fraction of sp³-hybridized carbons (Fsp3) is 0.385. The Morgan fingerprint density at radius 3 is 2.62 bits per heavy atom. The molecule has 0 amide bonds. The zero-order chi connectivity index (χ0) is 26.5. The molecule has 3 aliphatic rings. The van der Waals surface area contributed by atoms with Crippen LogP contribution in [-0.4, -0.2) is 72.1 Å². The van der Waals surface area contributed by atoms with Gasteiger partial charge in [0, 0.05) is 16.5 Å². The maximum absolute atomic E-state index is 13.0. The zero-order valence-corrected chi connectivity index (χ0v) is 19.9. The topological polar surface area (TPSA) is 172 Å². The van der Waals surface area contributed by atoms with Crippen molar-refractivity contribution >= 4 is 16.9 Å². The maximum Gasteiger partial charge on any atom is 0.343 e. The number of benzene rings is 1. The number of aliphatic hydroxyl groups is 5. The van der Waals surface area contributed by atoms with Gasteiger partial charge in [0.2, 0.25) is 0 Å². The van der Waals surface area contributed by atoms with Crippen molar-refractivity contribution in [2.45, 2.75) is 56.5 Å². The van der Waals surface area contributed by atoms with Crippen LogP contribution in [0.1, 0.15) is 30.0 Å². The number of rotatable bonds is 2. The van der Waals surface area contributed by atoms with E-state index in [1.165, 1.54) is 0 Å². The number of ether oxygens (including phenoxy) is 2. The highest BCUT2D eigenvalue weighted by Crippen LogP contribution is 2.38. The number of cyclic esters (lactones) is 1. The molecule has 0 unspecified atom stereocenters. The number of aromatic nitrogens is 2. The number of para-hydroxylation sites is 1. The number of aliphatic hydroxyl groups excluding tert-OH is 4. The van der Waals surface area contributed by atoms with Gasteiger partial charge in [-0.3, -0.25) is 4.79 Å². The minimum atomic E-state index is -1.79. The number of nitrogens with zero attached hydrogens (tertiary/aromatic N) is 2. The van der Waals surface area contributed by atoms with Crippen molar-refractivity contribution in [2.24, 2.45) is 0 Å². The lowest BCUT2D eigenvalue weighted by atomic mass is 9.86. The first-order valence-electron chi connectivity index (χ1n) is 11.9. The van der Waals surface area contributed by atoms with E-state index in [-0.39, 0.29) is 25.2 Å². The van der Waals surface area contributed by atoms with Crippen LogP contribution >= 0.6 is 0 Å². The molecule has 0 saturated carbocycles. The van der Waals surface area contributed by atoms with Gasteiger partial charge >= 0.3 is 5.97 Å². The number of carbonyl (C=O) groups is 1. The Morgan fingerprint density at radius 2 is 1.89 bits per heavy atom. The molecule has 6 rings (SSSR count). The van der Waals surface area contributed by atoms with Crippen molar-refractivity contribution in [1.82, 2.24) is 9.55 Å². The highest BCUT2D eigenvalue weighted by atomic mass is 16.6.